The van der Waals surface area contributed by atoms with E-state index in [1.54, 1.807) is 30.3 Å². The molecule has 0 amide bonds. The van der Waals surface area contributed by atoms with Crippen molar-refractivity contribution < 1.29 is 10.2 Å². The first-order valence-electron chi connectivity index (χ1n) is 4.76. The minimum absolute atomic E-state index is 0.0147. The van der Waals surface area contributed by atoms with Gasteiger partial charge in [-0.2, -0.15) is 0 Å². The summed E-state index contributed by atoms with van der Waals surface area (Å²) >= 11 is 0. The minimum Gasteiger partial charge on any atom is -0.507 e. The van der Waals surface area contributed by atoms with E-state index in [0.717, 1.165) is 0 Å². The molecule has 0 saturated carbocycles. The van der Waals surface area contributed by atoms with Gasteiger partial charge in [-0.3, -0.25) is 0 Å². The Morgan fingerprint density at radius 1 is 0.812 bits per heavy atom. The van der Waals surface area contributed by atoms with E-state index in [9.17, 15) is 10.2 Å². The van der Waals surface area contributed by atoms with Gasteiger partial charge >= 0.3 is 0 Å². The van der Waals surface area contributed by atoms with Gasteiger partial charge < -0.3 is 21.7 Å². The lowest BCUT2D eigenvalue weighted by Gasteiger charge is -2.11. The number of hydrogen-bond donors (Lipinski definition) is 4. The van der Waals surface area contributed by atoms with Crippen molar-refractivity contribution in [2.45, 2.75) is 0 Å². The fourth-order valence-corrected chi connectivity index (χ4v) is 1.61. The zero-order valence-electron chi connectivity index (χ0n) is 8.51. The molecule has 0 radical (unpaired) electrons. The highest BCUT2D eigenvalue weighted by Crippen LogP contribution is 2.41. The number of aromatic hydroxyl groups is 2. The van der Waals surface area contributed by atoms with E-state index >= 15 is 0 Å². The van der Waals surface area contributed by atoms with E-state index in [-0.39, 0.29) is 17.2 Å². The van der Waals surface area contributed by atoms with Crippen molar-refractivity contribution in [3.63, 3.8) is 0 Å². The van der Waals surface area contributed by atoms with Gasteiger partial charge in [0.1, 0.15) is 11.5 Å². The third-order valence-electron chi connectivity index (χ3n) is 2.41. The van der Waals surface area contributed by atoms with E-state index in [2.05, 4.69) is 0 Å². The van der Waals surface area contributed by atoms with Crippen molar-refractivity contribution in [3.05, 3.63) is 36.4 Å². The number of phenolic OH excluding ortho intramolecular Hbond substituents is 2. The summed E-state index contributed by atoms with van der Waals surface area (Å²) < 4.78 is 0. The van der Waals surface area contributed by atoms with Gasteiger partial charge in [0.05, 0.1) is 11.3 Å². The Bertz CT molecular complexity index is 518. The molecule has 0 fully saturated rings. The Morgan fingerprint density at radius 3 is 2.12 bits per heavy atom. The molecule has 16 heavy (non-hydrogen) atoms. The zero-order chi connectivity index (χ0) is 11.7. The Kier molecular flexibility index (Phi) is 2.32. The van der Waals surface area contributed by atoms with Crippen LogP contribution in [0.5, 0.6) is 11.5 Å². The smallest absolute Gasteiger partial charge is 0.146 e. The number of rotatable bonds is 1. The normalized spacial score (nSPS) is 10.2. The van der Waals surface area contributed by atoms with Crippen LogP contribution in [0.15, 0.2) is 36.4 Å². The summed E-state index contributed by atoms with van der Waals surface area (Å²) in [7, 11) is 0. The fourth-order valence-electron chi connectivity index (χ4n) is 1.61. The molecule has 0 aliphatic rings. The van der Waals surface area contributed by atoms with Gasteiger partial charge in [-0.1, -0.05) is 18.2 Å². The average molecular weight is 216 g/mol. The highest BCUT2D eigenvalue weighted by Gasteiger charge is 2.13. The Balaban J connectivity index is 2.73. The molecular formula is C12H12N2O2. The van der Waals surface area contributed by atoms with Gasteiger partial charge in [-0.05, 0) is 18.2 Å². The van der Waals surface area contributed by atoms with Gasteiger partial charge in [0.15, 0.2) is 0 Å². The second-order valence-electron chi connectivity index (χ2n) is 3.48. The van der Waals surface area contributed by atoms with Crippen molar-refractivity contribution in [2.24, 2.45) is 0 Å². The molecule has 82 valence electrons. The van der Waals surface area contributed by atoms with E-state index < -0.39 is 0 Å². The van der Waals surface area contributed by atoms with Crippen LogP contribution in [0, 0.1) is 0 Å². The molecule has 6 N–H and O–H groups in total. The molecule has 0 heterocycles. The highest BCUT2D eigenvalue weighted by atomic mass is 16.3. The van der Waals surface area contributed by atoms with Gasteiger partial charge in [-0.15, -0.1) is 0 Å². The van der Waals surface area contributed by atoms with Crippen LogP contribution in [0.3, 0.4) is 0 Å². The van der Waals surface area contributed by atoms with Crippen LogP contribution < -0.4 is 11.5 Å². The highest BCUT2D eigenvalue weighted by molar-refractivity contribution is 5.87. The Morgan fingerprint density at radius 2 is 1.44 bits per heavy atom. The second-order valence-corrected chi connectivity index (χ2v) is 3.48. The summed E-state index contributed by atoms with van der Waals surface area (Å²) in [5.41, 5.74) is 12.8. The van der Waals surface area contributed by atoms with Crippen LogP contribution in [-0.2, 0) is 0 Å². The van der Waals surface area contributed by atoms with Crippen LogP contribution >= 0.6 is 0 Å². The number of hydrogen-bond acceptors (Lipinski definition) is 4. The molecule has 0 spiro atoms. The number of nitrogen functional groups attached to an aromatic ring is 2. The van der Waals surface area contributed by atoms with Crippen molar-refractivity contribution in [2.75, 3.05) is 11.5 Å². The summed E-state index contributed by atoms with van der Waals surface area (Å²) in [4.78, 5) is 0. The number of benzene rings is 2. The maximum atomic E-state index is 9.81. The lowest BCUT2D eigenvalue weighted by Crippen LogP contribution is -1.92. The minimum atomic E-state index is -0.0734. The zero-order valence-corrected chi connectivity index (χ0v) is 8.51. The molecule has 2 aromatic carbocycles. The van der Waals surface area contributed by atoms with E-state index in [4.69, 9.17) is 11.5 Å². The Labute approximate surface area is 92.8 Å². The molecular weight excluding hydrogens is 204 g/mol. The first-order chi connectivity index (χ1) is 7.61. The maximum absolute atomic E-state index is 9.81. The first-order valence-corrected chi connectivity index (χ1v) is 4.76. The van der Waals surface area contributed by atoms with Gasteiger partial charge in [-0.25, -0.2) is 0 Å². The predicted molar refractivity (Wildman–Crippen MR) is 64.0 cm³/mol. The molecule has 2 aromatic rings. The average Bonchev–Trinajstić information content (AvgIpc) is 2.24. The molecule has 4 nitrogen and oxygen atoms in total. The summed E-state index contributed by atoms with van der Waals surface area (Å²) in [6.07, 6.45) is 0. The van der Waals surface area contributed by atoms with Crippen LogP contribution in [-0.4, -0.2) is 10.2 Å². The molecule has 4 heteroatoms. The molecule has 0 atom stereocenters. The largest absolute Gasteiger partial charge is 0.507 e. The lowest BCUT2D eigenvalue weighted by atomic mass is 10.0. The third kappa shape index (κ3) is 1.50. The number of para-hydroxylation sites is 1. The molecule has 0 bridgehead atoms. The van der Waals surface area contributed by atoms with Crippen LogP contribution in [0.2, 0.25) is 0 Å². The van der Waals surface area contributed by atoms with Gasteiger partial charge in [0, 0.05) is 11.3 Å². The van der Waals surface area contributed by atoms with Crippen molar-refractivity contribution in [3.8, 4) is 22.6 Å². The monoisotopic (exact) mass is 216 g/mol. The van der Waals surface area contributed by atoms with Crippen molar-refractivity contribution in [1.82, 2.24) is 0 Å². The topological polar surface area (TPSA) is 92.5 Å². The summed E-state index contributed by atoms with van der Waals surface area (Å²) in [6.45, 7) is 0. The summed E-state index contributed by atoms with van der Waals surface area (Å²) in [6, 6.07) is 9.71. The van der Waals surface area contributed by atoms with Crippen molar-refractivity contribution >= 4 is 11.4 Å². The first kappa shape index (κ1) is 10.2. The van der Waals surface area contributed by atoms with Crippen LogP contribution in [0.1, 0.15) is 0 Å². The van der Waals surface area contributed by atoms with Crippen molar-refractivity contribution in [1.29, 1.82) is 0 Å². The van der Waals surface area contributed by atoms with E-state index in [0.29, 0.717) is 16.8 Å². The van der Waals surface area contributed by atoms with E-state index in [1.165, 1.54) is 6.07 Å². The SMILES string of the molecule is Nc1cccc(-c2c(N)cccc2O)c1O. The standard InChI is InChI=1S/C12H12N2O2/c13-8-4-2-6-10(15)11(8)7-3-1-5-9(14)12(7)16/h1-6,15-16H,13-14H2. The predicted octanol–water partition coefficient (Wildman–Crippen LogP) is 1.93. The molecule has 0 aliphatic carbocycles. The summed E-state index contributed by atoms with van der Waals surface area (Å²) in [5.74, 6) is -0.0587. The Hall–Kier alpha value is -2.36. The number of anilines is 2. The van der Waals surface area contributed by atoms with Crippen LogP contribution in [0.4, 0.5) is 11.4 Å². The molecule has 0 aromatic heterocycles. The molecule has 0 saturated heterocycles. The molecule has 2 rings (SSSR count). The fraction of sp³-hybridized carbons (Fsp3) is 0. The third-order valence-corrected chi connectivity index (χ3v) is 2.41. The van der Waals surface area contributed by atoms with Crippen LogP contribution in [0.25, 0.3) is 11.1 Å². The summed E-state index contributed by atoms with van der Waals surface area (Å²) in [5, 5.41) is 19.5. The number of nitrogens with two attached hydrogens (primary N) is 2. The quantitative estimate of drug-likeness (QED) is 0.433. The van der Waals surface area contributed by atoms with E-state index in [1.807, 2.05) is 0 Å². The lowest BCUT2D eigenvalue weighted by molar-refractivity contribution is 0.470. The maximum Gasteiger partial charge on any atom is 0.146 e. The number of phenols is 2. The van der Waals surface area contributed by atoms with Gasteiger partial charge in [0.25, 0.3) is 0 Å². The molecule has 0 aliphatic heterocycles. The molecule has 0 unspecified atom stereocenters. The second kappa shape index (κ2) is 3.66. The van der Waals surface area contributed by atoms with Gasteiger partial charge in [0.2, 0.25) is 0 Å².